The molecule has 8 nitrogen and oxygen atoms in total. The van der Waals surface area contributed by atoms with Crippen molar-refractivity contribution in [2.75, 3.05) is 40.4 Å². The maximum atomic E-state index is 13.1. The molecule has 1 saturated heterocycles. The normalized spacial score (nSPS) is 16.2. The average Bonchev–Trinajstić information content (AvgIpc) is 3.03. The summed E-state index contributed by atoms with van der Waals surface area (Å²) in [6.07, 6.45) is 0. The molecule has 166 valence electrons. The quantitative estimate of drug-likeness (QED) is 0.653. The molecule has 0 aliphatic carbocycles. The largest absolute Gasteiger partial charge is 0.493 e. The lowest BCUT2D eigenvalue weighted by atomic mass is 10.1. The van der Waals surface area contributed by atoms with Gasteiger partial charge in [0.25, 0.3) is 0 Å². The Hall–Kier alpha value is -2.24. The van der Waals surface area contributed by atoms with Gasteiger partial charge in [-0.25, -0.2) is 13.1 Å². The second-order valence-corrected chi connectivity index (χ2v) is 8.97. The van der Waals surface area contributed by atoms with Gasteiger partial charge in [0, 0.05) is 32.7 Å². The van der Waals surface area contributed by atoms with E-state index in [1.54, 1.807) is 14.2 Å². The van der Waals surface area contributed by atoms with Gasteiger partial charge < -0.3 is 9.47 Å². The van der Waals surface area contributed by atoms with Crippen molar-refractivity contribution in [2.24, 2.45) is 0 Å². The number of alkyl halides is 2. The van der Waals surface area contributed by atoms with E-state index in [4.69, 9.17) is 9.47 Å². The summed E-state index contributed by atoms with van der Waals surface area (Å²) in [7, 11) is -0.749. The van der Waals surface area contributed by atoms with Crippen molar-refractivity contribution in [2.45, 2.75) is 31.8 Å². The number of methoxy groups -OCH3 is 2. The van der Waals surface area contributed by atoms with E-state index in [0.717, 1.165) is 5.56 Å². The Kier molecular flexibility index (Phi) is 6.63. The van der Waals surface area contributed by atoms with Crippen LogP contribution in [0.15, 0.2) is 23.1 Å². The van der Waals surface area contributed by atoms with Crippen LogP contribution in [-0.2, 0) is 16.6 Å². The van der Waals surface area contributed by atoms with Crippen molar-refractivity contribution in [3.63, 3.8) is 0 Å². The van der Waals surface area contributed by atoms with Crippen LogP contribution in [0.2, 0.25) is 0 Å². The van der Waals surface area contributed by atoms with Crippen LogP contribution in [0.25, 0.3) is 0 Å². The van der Waals surface area contributed by atoms with Crippen LogP contribution >= 0.6 is 0 Å². The summed E-state index contributed by atoms with van der Waals surface area (Å²) in [6, 6.07) is 5.67. The number of hydrogen-bond acceptors (Lipinski definition) is 6. The summed E-state index contributed by atoms with van der Waals surface area (Å²) in [6.45, 7) is 2.13. The van der Waals surface area contributed by atoms with Crippen molar-refractivity contribution in [3.05, 3.63) is 35.2 Å². The molecule has 0 radical (unpaired) electrons. The van der Waals surface area contributed by atoms with Crippen LogP contribution < -0.4 is 9.47 Å². The molecule has 0 amide bonds. The fourth-order valence-electron chi connectivity index (χ4n) is 3.71. The van der Waals surface area contributed by atoms with E-state index < -0.39 is 16.6 Å². The highest BCUT2D eigenvalue weighted by molar-refractivity contribution is 7.89. The highest BCUT2D eigenvalue weighted by atomic mass is 32.2. The standard InChI is InChI=1S/C19H26F2N4O4S/c1-13-18(14(2)25(22-13)19(20)21)30(26,27)24-9-7-23(8-10-24)12-15-5-6-16(28-3)17(11-15)29-4/h5-6,11,19H,7-10,12H2,1-4H3. The molecule has 1 aliphatic rings. The second-order valence-electron chi connectivity index (χ2n) is 7.09. The van der Waals surface area contributed by atoms with Gasteiger partial charge in [-0.05, 0) is 31.5 Å². The van der Waals surface area contributed by atoms with Gasteiger partial charge in [-0.2, -0.15) is 18.2 Å². The van der Waals surface area contributed by atoms with Crippen molar-refractivity contribution in [3.8, 4) is 11.5 Å². The van der Waals surface area contributed by atoms with Crippen molar-refractivity contribution in [1.82, 2.24) is 19.0 Å². The lowest BCUT2D eigenvalue weighted by Gasteiger charge is -2.34. The molecule has 0 unspecified atom stereocenters. The van der Waals surface area contributed by atoms with Crippen LogP contribution in [-0.4, -0.2) is 67.8 Å². The Morgan fingerprint density at radius 1 is 1.07 bits per heavy atom. The van der Waals surface area contributed by atoms with E-state index in [-0.39, 0.29) is 29.4 Å². The maximum absolute atomic E-state index is 13.1. The smallest absolute Gasteiger partial charge is 0.333 e. The number of hydrogen-bond donors (Lipinski definition) is 0. The molecule has 30 heavy (non-hydrogen) atoms. The molecule has 0 N–H and O–H groups in total. The molecule has 11 heteroatoms. The monoisotopic (exact) mass is 444 g/mol. The molecule has 0 saturated carbocycles. The van der Waals surface area contributed by atoms with Gasteiger partial charge in [0.15, 0.2) is 11.5 Å². The Balaban J connectivity index is 1.70. The second kappa shape index (κ2) is 8.86. The zero-order chi connectivity index (χ0) is 22.1. The third-order valence-corrected chi connectivity index (χ3v) is 7.38. The van der Waals surface area contributed by atoms with Crippen LogP contribution in [0.3, 0.4) is 0 Å². The van der Waals surface area contributed by atoms with E-state index in [9.17, 15) is 17.2 Å². The number of aryl methyl sites for hydroxylation is 1. The fraction of sp³-hybridized carbons (Fsp3) is 0.526. The SMILES string of the molecule is COc1ccc(CN2CCN(S(=O)(=O)c3c(C)nn(C(F)F)c3C)CC2)cc1OC. The first-order valence-electron chi connectivity index (χ1n) is 9.46. The van der Waals surface area contributed by atoms with Crippen molar-refractivity contribution < 1.29 is 26.7 Å². The van der Waals surface area contributed by atoms with Gasteiger partial charge in [-0.1, -0.05) is 6.07 Å². The van der Waals surface area contributed by atoms with E-state index >= 15 is 0 Å². The molecule has 2 aromatic rings. The summed E-state index contributed by atoms with van der Waals surface area (Å²) in [5.41, 5.74) is 1.06. The van der Waals surface area contributed by atoms with E-state index in [1.165, 1.54) is 18.2 Å². The number of rotatable bonds is 7. The van der Waals surface area contributed by atoms with Crippen LogP contribution in [0, 0.1) is 13.8 Å². The minimum Gasteiger partial charge on any atom is -0.493 e. The number of halogens is 2. The summed E-state index contributed by atoms with van der Waals surface area (Å²) in [5.74, 6) is 1.28. The molecular formula is C19H26F2N4O4S. The third kappa shape index (κ3) is 4.28. The van der Waals surface area contributed by atoms with E-state index in [2.05, 4.69) is 10.00 Å². The first kappa shape index (κ1) is 22.4. The predicted octanol–water partition coefficient (Wildman–Crippen LogP) is 2.42. The summed E-state index contributed by atoms with van der Waals surface area (Å²) >= 11 is 0. The first-order valence-corrected chi connectivity index (χ1v) is 10.9. The zero-order valence-electron chi connectivity index (χ0n) is 17.4. The van der Waals surface area contributed by atoms with Gasteiger partial charge in [-0.3, -0.25) is 4.90 Å². The number of nitrogens with zero attached hydrogens (tertiary/aromatic N) is 4. The van der Waals surface area contributed by atoms with E-state index in [0.29, 0.717) is 35.8 Å². The average molecular weight is 445 g/mol. The lowest BCUT2D eigenvalue weighted by molar-refractivity contribution is 0.0538. The minimum atomic E-state index is -3.90. The Bertz CT molecular complexity index is 1000. The molecule has 0 bridgehead atoms. The summed E-state index contributed by atoms with van der Waals surface area (Å²) < 4.78 is 64.6. The number of sulfonamides is 1. The number of piperazine rings is 1. The van der Waals surface area contributed by atoms with Gasteiger partial charge in [0.05, 0.1) is 25.6 Å². The van der Waals surface area contributed by atoms with Gasteiger partial charge >= 0.3 is 6.55 Å². The summed E-state index contributed by atoms with van der Waals surface area (Å²) in [5, 5.41) is 3.70. The summed E-state index contributed by atoms with van der Waals surface area (Å²) in [4.78, 5) is 2.01. The molecule has 3 rings (SSSR count). The van der Waals surface area contributed by atoms with E-state index in [1.807, 2.05) is 18.2 Å². The molecule has 1 fully saturated rings. The Labute approximate surface area is 175 Å². The van der Waals surface area contributed by atoms with Gasteiger partial charge in [0.2, 0.25) is 10.0 Å². The van der Waals surface area contributed by atoms with Crippen molar-refractivity contribution >= 4 is 10.0 Å². The molecular weight excluding hydrogens is 418 g/mol. The highest BCUT2D eigenvalue weighted by Crippen LogP contribution is 2.29. The molecule has 0 atom stereocenters. The highest BCUT2D eigenvalue weighted by Gasteiger charge is 2.34. The zero-order valence-corrected chi connectivity index (χ0v) is 18.2. The van der Waals surface area contributed by atoms with Crippen LogP contribution in [0.1, 0.15) is 23.5 Å². The third-order valence-electron chi connectivity index (χ3n) is 5.23. The number of benzene rings is 1. The number of ether oxygens (including phenoxy) is 2. The molecule has 2 heterocycles. The number of aromatic nitrogens is 2. The van der Waals surface area contributed by atoms with Crippen molar-refractivity contribution in [1.29, 1.82) is 0 Å². The fourth-order valence-corrected chi connectivity index (χ4v) is 5.49. The maximum Gasteiger partial charge on any atom is 0.333 e. The molecule has 1 aromatic heterocycles. The lowest BCUT2D eigenvalue weighted by Crippen LogP contribution is -2.48. The Morgan fingerprint density at radius 2 is 1.70 bits per heavy atom. The van der Waals surface area contributed by atoms with Gasteiger partial charge in [-0.15, -0.1) is 0 Å². The molecule has 0 spiro atoms. The van der Waals surface area contributed by atoms with Crippen LogP contribution in [0.5, 0.6) is 11.5 Å². The minimum absolute atomic E-state index is 0.0461. The first-order chi connectivity index (χ1) is 14.2. The Morgan fingerprint density at radius 3 is 2.23 bits per heavy atom. The molecule has 1 aliphatic heterocycles. The van der Waals surface area contributed by atoms with Gasteiger partial charge in [0.1, 0.15) is 4.90 Å². The predicted molar refractivity (Wildman–Crippen MR) is 107 cm³/mol. The topological polar surface area (TPSA) is 76.9 Å². The van der Waals surface area contributed by atoms with Crippen LogP contribution in [0.4, 0.5) is 8.78 Å². The molecule has 1 aromatic carbocycles.